The molecular formula is C24H23FN2O6S. The Kier molecular flexibility index (Phi) is 7.85. The van der Waals surface area contributed by atoms with E-state index in [0.717, 1.165) is 17.4 Å². The van der Waals surface area contributed by atoms with Crippen molar-refractivity contribution in [3.05, 3.63) is 69.8 Å². The van der Waals surface area contributed by atoms with E-state index in [9.17, 15) is 18.8 Å². The molecule has 1 aromatic heterocycles. The molecule has 178 valence electrons. The number of carbonyl (C=O) groups excluding carboxylic acids is 3. The summed E-state index contributed by atoms with van der Waals surface area (Å²) in [5, 5.41) is 5.47. The zero-order valence-electron chi connectivity index (χ0n) is 19.0. The minimum atomic E-state index is -0.688. The van der Waals surface area contributed by atoms with Crippen molar-refractivity contribution in [1.82, 2.24) is 0 Å². The summed E-state index contributed by atoms with van der Waals surface area (Å²) >= 11 is 0.912. The number of anilines is 2. The molecule has 10 heteroatoms. The fourth-order valence-electron chi connectivity index (χ4n) is 3.15. The van der Waals surface area contributed by atoms with E-state index >= 15 is 0 Å². The highest BCUT2D eigenvalue weighted by atomic mass is 32.1. The summed E-state index contributed by atoms with van der Waals surface area (Å²) < 4.78 is 29.1. The lowest BCUT2D eigenvalue weighted by Gasteiger charge is -2.11. The second-order valence-corrected chi connectivity index (χ2v) is 7.99. The number of carbonyl (C=O) groups is 3. The van der Waals surface area contributed by atoms with Gasteiger partial charge in [-0.2, -0.15) is 0 Å². The first-order chi connectivity index (χ1) is 16.3. The van der Waals surface area contributed by atoms with Gasteiger partial charge in [-0.15, -0.1) is 11.3 Å². The van der Waals surface area contributed by atoms with Gasteiger partial charge in [-0.25, -0.2) is 9.18 Å². The average Bonchev–Trinajstić information content (AvgIpc) is 3.15. The third-order valence-electron chi connectivity index (χ3n) is 4.80. The zero-order valence-corrected chi connectivity index (χ0v) is 19.8. The smallest absolute Gasteiger partial charge is 0.341 e. The summed E-state index contributed by atoms with van der Waals surface area (Å²) in [6.07, 6.45) is 0. The molecule has 0 unspecified atom stereocenters. The molecule has 0 bridgehead atoms. The maximum absolute atomic E-state index is 13.5. The number of hydrogen-bond donors (Lipinski definition) is 2. The van der Waals surface area contributed by atoms with Crippen LogP contribution in [0.15, 0.2) is 42.5 Å². The molecule has 2 amide bonds. The summed E-state index contributed by atoms with van der Waals surface area (Å²) in [5.41, 5.74) is 0.852. The topological polar surface area (TPSA) is 103 Å². The van der Waals surface area contributed by atoms with Crippen LogP contribution >= 0.6 is 11.3 Å². The van der Waals surface area contributed by atoms with Gasteiger partial charge in [0, 0.05) is 11.6 Å². The monoisotopic (exact) mass is 486 g/mol. The van der Waals surface area contributed by atoms with E-state index in [1.54, 1.807) is 32.0 Å². The van der Waals surface area contributed by atoms with Crippen LogP contribution < -0.4 is 20.1 Å². The number of rotatable bonds is 8. The van der Waals surface area contributed by atoms with Crippen LogP contribution in [0.4, 0.5) is 15.1 Å². The molecule has 2 N–H and O–H groups in total. The summed E-state index contributed by atoms with van der Waals surface area (Å²) in [4.78, 5) is 38.6. The van der Waals surface area contributed by atoms with E-state index in [-0.39, 0.29) is 27.6 Å². The maximum Gasteiger partial charge on any atom is 0.341 e. The van der Waals surface area contributed by atoms with Crippen molar-refractivity contribution in [2.45, 2.75) is 13.8 Å². The highest BCUT2D eigenvalue weighted by Crippen LogP contribution is 2.36. The van der Waals surface area contributed by atoms with Crippen molar-refractivity contribution in [3.8, 4) is 11.5 Å². The fraction of sp³-hybridized carbons (Fsp3) is 0.208. The Morgan fingerprint density at radius 3 is 2.41 bits per heavy atom. The first-order valence-electron chi connectivity index (χ1n) is 10.2. The van der Waals surface area contributed by atoms with Crippen molar-refractivity contribution < 1.29 is 33.0 Å². The number of halogens is 1. The number of nitrogens with one attached hydrogen (secondary N) is 2. The molecule has 1 heterocycles. The molecule has 0 fully saturated rings. The Hall–Kier alpha value is -3.92. The molecule has 8 nitrogen and oxygen atoms in total. The van der Waals surface area contributed by atoms with E-state index in [4.69, 9.17) is 14.2 Å². The molecule has 0 radical (unpaired) electrons. The van der Waals surface area contributed by atoms with E-state index in [1.807, 2.05) is 0 Å². The Bertz CT molecular complexity index is 1240. The molecule has 0 aliphatic carbocycles. The summed E-state index contributed by atoms with van der Waals surface area (Å²) in [6.45, 7) is 3.34. The molecular weight excluding hydrogens is 463 g/mol. The van der Waals surface area contributed by atoms with Crippen LogP contribution in [0.1, 0.15) is 42.9 Å². The van der Waals surface area contributed by atoms with Crippen LogP contribution in [0.2, 0.25) is 0 Å². The van der Waals surface area contributed by atoms with Gasteiger partial charge in [0.2, 0.25) is 0 Å². The zero-order chi connectivity index (χ0) is 24.8. The summed E-state index contributed by atoms with van der Waals surface area (Å²) in [7, 11) is 2.97. The Labute approximate surface area is 199 Å². The molecule has 0 spiro atoms. The van der Waals surface area contributed by atoms with Gasteiger partial charge in [-0.05, 0) is 49.7 Å². The van der Waals surface area contributed by atoms with Gasteiger partial charge < -0.3 is 24.8 Å². The van der Waals surface area contributed by atoms with Gasteiger partial charge in [0.25, 0.3) is 11.8 Å². The summed E-state index contributed by atoms with van der Waals surface area (Å²) in [5.74, 6) is -1.47. The number of thiophene rings is 1. The lowest BCUT2D eigenvalue weighted by atomic mass is 10.1. The van der Waals surface area contributed by atoms with Crippen LogP contribution in [0.3, 0.4) is 0 Å². The molecule has 0 aliphatic rings. The summed E-state index contributed by atoms with van der Waals surface area (Å²) in [6, 6.07) is 10.0. The van der Waals surface area contributed by atoms with Gasteiger partial charge in [-0.3, -0.25) is 9.59 Å². The van der Waals surface area contributed by atoms with E-state index in [0.29, 0.717) is 22.7 Å². The molecule has 0 saturated carbocycles. The van der Waals surface area contributed by atoms with Crippen LogP contribution in [0, 0.1) is 12.7 Å². The standard InChI is InChI=1S/C24H23FN2O6S/c1-5-33-24(30)19-13(2)20(22(29)26-17-10-9-16(31-3)12-18(17)32-4)34-23(19)27-21(28)14-7-6-8-15(25)11-14/h6-12H,5H2,1-4H3,(H,26,29)(H,27,28). The maximum atomic E-state index is 13.5. The first kappa shape index (κ1) is 24.7. The highest BCUT2D eigenvalue weighted by molar-refractivity contribution is 7.19. The van der Waals surface area contributed by atoms with Crippen LogP contribution in [-0.2, 0) is 4.74 Å². The quantitative estimate of drug-likeness (QED) is 0.440. The highest BCUT2D eigenvalue weighted by Gasteiger charge is 2.27. The molecule has 0 aliphatic heterocycles. The van der Waals surface area contributed by atoms with Gasteiger partial charge in [0.05, 0.1) is 37.0 Å². The Morgan fingerprint density at radius 2 is 1.76 bits per heavy atom. The number of ether oxygens (including phenoxy) is 3. The van der Waals surface area contributed by atoms with Gasteiger partial charge in [0.1, 0.15) is 22.3 Å². The normalized spacial score (nSPS) is 10.4. The third-order valence-corrected chi connectivity index (χ3v) is 6.01. The number of hydrogen-bond acceptors (Lipinski definition) is 7. The van der Waals surface area contributed by atoms with E-state index in [2.05, 4.69) is 10.6 Å². The second-order valence-electron chi connectivity index (χ2n) is 6.97. The van der Waals surface area contributed by atoms with E-state index < -0.39 is 23.6 Å². The minimum Gasteiger partial charge on any atom is -0.497 e. The minimum absolute atomic E-state index is 0.0587. The Morgan fingerprint density at radius 1 is 1.00 bits per heavy atom. The Balaban J connectivity index is 1.96. The van der Waals surface area contributed by atoms with Crippen molar-refractivity contribution in [3.63, 3.8) is 0 Å². The lowest BCUT2D eigenvalue weighted by molar-refractivity contribution is 0.0527. The predicted octanol–water partition coefficient (Wildman–Crippen LogP) is 4.89. The second kappa shape index (κ2) is 10.8. The SMILES string of the molecule is CCOC(=O)c1c(NC(=O)c2cccc(F)c2)sc(C(=O)Nc2ccc(OC)cc2OC)c1C. The number of esters is 1. The molecule has 2 aromatic carbocycles. The van der Waals surface area contributed by atoms with E-state index in [1.165, 1.54) is 32.4 Å². The fourth-order valence-corrected chi connectivity index (χ4v) is 4.24. The van der Waals surface area contributed by atoms with Crippen molar-refractivity contribution in [2.24, 2.45) is 0 Å². The number of amides is 2. The van der Waals surface area contributed by atoms with Gasteiger partial charge in [-0.1, -0.05) is 6.07 Å². The molecule has 34 heavy (non-hydrogen) atoms. The molecule has 0 atom stereocenters. The number of benzene rings is 2. The van der Waals surface area contributed by atoms with Crippen molar-refractivity contribution >= 4 is 39.8 Å². The molecule has 3 rings (SSSR count). The molecule has 3 aromatic rings. The van der Waals surface area contributed by atoms with Crippen LogP contribution in [0.5, 0.6) is 11.5 Å². The van der Waals surface area contributed by atoms with Crippen LogP contribution in [-0.4, -0.2) is 38.6 Å². The first-order valence-corrected chi connectivity index (χ1v) is 11.0. The number of methoxy groups -OCH3 is 2. The van der Waals surface area contributed by atoms with Gasteiger partial charge >= 0.3 is 5.97 Å². The largest absolute Gasteiger partial charge is 0.497 e. The average molecular weight is 487 g/mol. The predicted molar refractivity (Wildman–Crippen MR) is 127 cm³/mol. The van der Waals surface area contributed by atoms with Crippen molar-refractivity contribution in [1.29, 1.82) is 0 Å². The van der Waals surface area contributed by atoms with Crippen molar-refractivity contribution in [2.75, 3.05) is 31.5 Å². The molecule has 0 saturated heterocycles. The lowest BCUT2D eigenvalue weighted by Crippen LogP contribution is -2.15. The third kappa shape index (κ3) is 5.34. The van der Waals surface area contributed by atoms with Crippen LogP contribution in [0.25, 0.3) is 0 Å². The van der Waals surface area contributed by atoms with Gasteiger partial charge in [0.15, 0.2) is 0 Å².